The number of nitrogens with zero attached hydrogens (tertiary/aromatic N) is 1. The van der Waals surface area contributed by atoms with Crippen LogP contribution in [0.1, 0.15) is 37.8 Å². The maximum Gasteiger partial charge on any atom is 0.326 e. The molecule has 1 fully saturated rings. The van der Waals surface area contributed by atoms with Gasteiger partial charge in [0.2, 0.25) is 0 Å². The molecule has 144 valence electrons. The first-order valence-corrected chi connectivity index (χ1v) is 9.01. The van der Waals surface area contributed by atoms with Gasteiger partial charge in [-0.05, 0) is 44.2 Å². The number of esters is 1. The smallest absolute Gasteiger partial charge is 0.326 e. The van der Waals surface area contributed by atoms with Crippen molar-refractivity contribution in [2.45, 2.75) is 44.7 Å². The van der Waals surface area contributed by atoms with Crippen molar-refractivity contribution in [2.24, 2.45) is 0 Å². The summed E-state index contributed by atoms with van der Waals surface area (Å²) in [5.41, 5.74) is 0.676. The summed E-state index contributed by atoms with van der Waals surface area (Å²) in [6, 6.07) is 6.81. The average molecular weight is 373 g/mol. The number of rotatable bonds is 5. The van der Waals surface area contributed by atoms with E-state index >= 15 is 0 Å². The second-order valence-corrected chi connectivity index (χ2v) is 7.12. The van der Waals surface area contributed by atoms with Crippen LogP contribution in [0, 0.1) is 0 Å². The van der Waals surface area contributed by atoms with Crippen molar-refractivity contribution < 1.29 is 23.9 Å². The molecular weight excluding hydrogens is 350 g/mol. The summed E-state index contributed by atoms with van der Waals surface area (Å²) in [5.74, 6) is -1.70. The fraction of sp³-hybridized carbons (Fsp3) is 0.474. The van der Waals surface area contributed by atoms with E-state index in [2.05, 4.69) is 10.6 Å². The summed E-state index contributed by atoms with van der Waals surface area (Å²) >= 11 is 0. The van der Waals surface area contributed by atoms with E-state index in [0.29, 0.717) is 6.42 Å². The second kappa shape index (κ2) is 7.38. The molecule has 8 nitrogen and oxygen atoms in total. The number of benzene rings is 1. The molecule has 3 rings (SSSR count). The minimum atomic E-state index is -1.12. The van der Waals surface area contributed by atoms with Crippen molar-refractivity contribution in [3.05, 3.63) is 35.4 Å². The number of amides is 4. The van der Waals surface area contributed by atoms with Gasteiger partial charge < -0.3 is 15.4 Å². The number of urea groups is 1. The molecule has 1 spiro atoms. The van der Waals surface area contributed by atoms with Crippen LogP contribution < -0.4 is 10.6 Å². The third kappa shape index (κ3) is 3.65. The quantitative estimate of drug-likeness (QED) is 0.588. The zero-order valence-electron chi connectivity index (χ0n) is 15.4. The van der Waals surface area contributed by atoms with Gasteiger partial charge in [0.25, 0.3) is 11.8 Å². The molecule has 2 N–H and O–H groups in total. The highest BCUT2D eigenvalue weighted by molar-refractivity contribution is 6.09. The number of carbonyl (C=O) groups is 4. The molecule has 1 aliphatic carbocycles. The summed E-state index contributed by atoms with van der Waals surface area (Å²) in [6.45, 7) is 2.60. The van der Waals surface area contributed by atoms with E-state index in [1.165, 1.54) is 0 Å². The molecule has 0 unspecified atom stereocenters. The van der Waals surface area contributed by atoms with Crippen molar-refractivity contribution in [1.29, 1.82) is 0 Å². The van der Waals surface area contributed by atoms with Crippen molar-refractivity contribution in [1.82, 2.24) is 15.5 Å². The molecule has 0 aromatic heterocycles. The van der Waals surface area contributed by atoms with Gasteiger partial charge in [0.05, 0.1) is 0 Å². The Labute approximate surface area is 157 Å². The Morgan fingerprint density at radius 3 is 2.78 bits per heavy atom. The molecule has 0 saturated carbocycles. The average Bonchev–Trinajstić information content (AvgIpc) is 2.85. The molecule has 0 bridgehead atoms. The molecule has 27 heavy (non-hydrogen) atoms. The van der Waals surface area contributed by atoms with Crippen molar-refractivity contribution in [3.63, 3.8) is 0 Å². The fourth-order valence-corrected chi connectivity index (χ4v) is 3.64. The van der Waals surface area contributed by atoms with Crippen LogP contribution in [0.2, 0.25) is 0 Å². The Hall–Kier alpha value is -2.90. The molecule has 1 aromatic rings. The maximum atomic E-state index is 13.0. The van der Waals surface area contributed by atoms with Gasteiger partial charge in [-0.2, -0.15) is 0 Å². The highest BCUT2D eigenvalue weighted by atomic mass is 16.5. The van der Waals surface area contributed by atoms with Crippen LogP contribution in [0.4, 0.5) is 4.79 Å². The lowest BCUT2D eigenvalue weighted by molar-refractivity contribution is -0.151. The van der Waals surface area contributed by atoms with Gasteiger partial charge in [0, 0.05) is 6.04 Å². The summed E-state index contributed by atoms with van der Waals surface area (Å²) in [4.78, 5) is 49.9. The van der Waals surface area contributed by atoms with Gasteiger partial charge in [-0.1, -0.05) is 24.3 Å². The number of nitrogens with one attached hydrogen (secondary N) is 2. The lowest BCUT2D eigenvalue weighted by Gasteiger charge is -2.33. The van der Waals surface area contributed by atoms with Gasteiger partial charge in [-0.3, -0.25) is 19.3 Å². The fourth-order valence-electron chi connectivity index (χ4n) is 3.64. The molecule has 1 saturated heterocycles. The number of hydrogen-bond acceptors (Lipinski definition) is 5. The van der Waals surface area contributed by atoms with Crippen LogP contribution in [-0.4, -0.2) is 47.9 Å². The van der Waals surface area contributed by atoms with Crippen molar-refractivity contribution in [3.8, 4) is 0 Å². The molecular formula is C19H23N3O5. The van der Waals surface area contributed by atoms with Gasteiger partial charge in [-0.25, -0.2) is 4.79 Å². The van der Waals surface area contributed by atoms with E-state index in [0.717, 1.165) is 28.9 Å². The number of carbonyl (C=O) groups excluding carboxylic acids is 4. The maximum absolute atomic E-state index is 13.0. The Morgan fingerprint density at radius 1 is 1.30 bits per heavy atom. The van der Waals surface area contributed by atoms with Crippen LogP contribution in [0.5, 0.6) is 0 Å². The third-order valence-electron chi connectivity index (χ3n) is 4.75. The van der Waals surface area contributed by atoms with E-state index in [-0.39, 0.29) is 6.04 Å². The summed E-state index contributed by atoms with van der Waals surface area (Å²) in [6.07, 6.45) is 2.09. The summed E-state index contributed by atoms with van der Waals surface area (Å²) in [5, 5.41) is 5.36. The van der Waals surface area contributed by atoms with Crippen molar-refractivity contribution >= 4 is 23.8 Å². The van der Waals surface area contributed by atoms with Crippen LogP contribution in [0.15, 0.2) is 24.3 Å². The molecule has 1 aromatic carbocycles. The highest BCUT2D eigenvalue weighted by Crippen LogP contribution is 2.39. The lowest BCUT2D eigenvalue weighted by atomic mass is 9.76. The molecule has 2 aliphatic rings. The molecule has 1 aliphatic heterocycles. The number of ether oxygens (including phenoxy) is 1. The van der Waals surface area contributed by atoms with E-state index < -0.39 is 42.5 Å². The zero-order valence-corrected chi connectivity index (χ0v) is 15.4. The number of fused-ring (bicyclic) bond motifs is 2. The summed E-state index contributed by atoms with van der Waals surface area (Å²) < 4.78 is 4.88. The molecule has 1 atom stereocenters. The first-order chi connectivity index (χ1) is 12.8. The molecule has 8 heteroatoms. The third-order valence-corrected chi connectivity index (χ3v) is 4.75. The van der Waals surface area contributed by atoms with Crippen LogP contribution in [0.25, 0.3) is 0 Å². The first kappa shape index (κ1) is 18.9. The minimum Gasteiger partial charge on any atom is -0.454 e. The predicted molar refractivity (Wildman–Crippen MR) is 95.5 cm³/mol. The normalized spacial score (nSPS) is 21.2. The van der Waals surface area contributed by atoms with E-state index in [9.17, 15) is 19.2 Å². The Kier molecular flexibility index (Phi) is 5.16. The Morgan fingerprint density at radius 2 is 2.04 bits per heavy atom. The van der Waals surface area contributed by atoms with Crippen LogP contribution >= 0.6 is 0 Å². The SMILES string of the molecule is CC(C)NC(=O)COC(=O)CN1C(=O)N[C@]2(CCCc3ccccc32)C1=O. The van der Waals surface area contributed by atoms with Gasteiger partial charge >= 0.3 is 12.0 Å². The number of aryl methyl sites for hydroxylation is 1. The molecule has 1 heterocycles. The van der Waals surface area contributed by atoms with Crippen LogP contribution in [0.3, 0.4) is 0 Å². The van der Waals surface area contributed by atoms with E-state index in [1.807, 2.05) is 24.3 Å². The van der Waals surface area contributed by atoms with Gasteiger partial charge in [0.15, 0.2) is 6.61 Å². The highest BCUT2D eigenvalue weighted by Gasteiger charge is 2.54. The van der Waals surface area contributed by atoms with Crippen LogP contribution in [-0.2, 0) is 31.1 Å². The monoisotopic (exact) mass is 373 g/mol. The number of imide groups is 1. The van der Waals surface area contributed by atoms with Crippen molar-refractivity contribution in [2.75, 3.05) is 13.2 Å². The predicted octanol–water partition coefficient (Wildman–Crippen LogP) is 0.838. The molecule has 0 radical (unpaired) electrons. The van der Waals surface area contributed by atoms with Gasteiger partial charge in [-0.15, -0.1) is 0 Å². The van der Waals surface area contributed by atoms with E-state index in [1.54, 1.807) is 13.8 Å². The second-order valence-electron chi connectivity index (χ2n) is 7.12. The number of hydrogen-bond donors (Lipinski definition) is 2. The first-order valence-electron chi connectivity index (χ1n) is 9.01. The molecule has 4 amide bonds. The lowest BCUT2D eigenvalue weighted by Crippen LogP contribution is -2.47. The zero-order chi connectivity index (χ0) is 19.6. The topological polar surface area (TPSA) is 105 Å². The largest absolute Gasteiger partial charge is 0.454 e. The minimum absolute atomic E-state index is 0.0756. The summed E-state index contributed by atoms with van der Waals surface area (Å²) in [7, 11) is 0. The van der Waals surface area contributed by atoms with Gasteiger partial charge in [0.1, 0.15) is 12.1 Å². The Balaban J connectivity index is 1.69. The Bertz CT molecular complexity index is 791. The standard InChI is InChI=1S/C19H23N3O5/c1-12(2)20-15(23)11-27-16(24)10-22-17(25)19(21-18(22)26)9-5-7-13-6-3-4-8-14(13)19/h3-4,6,8,12H,5,7,9-11H2,1-2H3,(H,20,23)(H,21,26)/t19-/m0/s1. The van der Waals surface area contributed by atoms with E-state index in [4.69, 9.17) is 4.74 Å².